The highest BCUT2D eigenvalue weighted by Crippen LogP contribution is 2.29. The van der Waals surface area contributed by atoms with E-state index in [0.717, 1.165) is 4.90 Å². The third kappa shape index (κ3) is 3.76. The summed E-state index contributed by atoms with van der Waals surface area (Å²) in [6, 6.07) is 4.66. The number of non-ortho nitro benzene ring substituents is 1. The molecule has 1 fully saturated rings. The number of urea groups is 1. The van der Waals surface area contributed by atoms with E-state index in [1.165, 1.54) is 31.2 Å². The normalized spacial score (nSPS) is 20.4. The second kappa shape index (κ2) is 6.15. The first kappa shape index (κ1) is 18.4. The lowest BCUT2D eigenvalue weighted by Crippen LogP contribution is -2.48. The van der Waals surface area contributed by atoms with Crippen molar-refractivity contribution in [2.24, 2.45) is 0 Å². The molecule has 0 spiro atoms. The molecule has 2 rings (SSSR count). The van der Waals surface area contributed by atoms with Gasteiger partial charge in [0, 0.05) is 17.7 Å². The maximum Gasteiger partial charge on any atom is 0.325 e. The van der Waals surface area contributed by atoms with Crippen LogP contribution < -0.4 is 10.6 Å². The van der Waals surface area contributed by atoms with Gasteiger partial charge in [0.25, 0.3) is 11.6 Å². The number of nitro benzene ring substituents is 1. The van der Waals surface area contributed by atoms with Crippen LogP contribution in [-0.2, 0) is 15.1 Å². The Morgan fingerprint density at radius 2 is 1.84 bits per heavy atom. The summed E-state index contributed by atoms with van der Waals surface area (Å²) in [4.78, 5) is 47.9. The molecule has 1 aromatic rings. The van der Waals surface area contributed by atoms with E-state index in [1.54, 1.807) is 20.8 Å². The summed E-state index contributed by atoms with van der Waals surface area (Å²) in [6.45, 7) is 6.47. The second-order valence-electron chi connectivity index (χ2n) is 7.05. The third-order valence-corrected chi connectivity index (χ3v) is 3.75. The van der Waals surface area contributed by atoms with E-state index in [4.69, 9.17) is 0 Å². The van der Waals surface area contributed by atoms with Crippen LogP contribution in [0.2, 0.25) is 0 Å². The summed E-state index contributed by atoms with van der Waals surface area (Å²) < 4.78 is 0. The Morgan fingerprint density at radius 1 is 1.28 bits per heavy atom. The Morgan fingerprint density at radius 3 is 2.32 bits per heavy atom. The summed E-state index contributed by atoms with van der Waals surface area (Å²) in [5.74, 6) is -1.04. The molecule has 0 radical (unpaired) electrons. The quantitative estimate of drug-likeness (QED) is 0.482. The molecule has 1 aliphatic rings. The number of nitrogens with one attached hydrogen (secondary N) is 2. The topological polar surface area (TPSA) is 122 Å². The minimum Gasteiger partial charge on any atom is -0.350 e. The summed E-state index contributed by atoms with van der Waals surface area (Å²) in [5.41, 5.74) is -1.59. The fourth-order valence-electron chi connectivity index (χ4n) is 2.55. The van der Waals surface area contributed by atoms with E-state index in [9.17, 15) is 24.5 Å². The first-order valence-corrected chi connectivity index (χ1v) is 7.64. The van der Waals surface area contributed by atoms with Crippen molar-refractivity contribution < 1.29 is 19.3 Å². The predicted molar refractivity (Wildman–Crippen MR) is 88.6 cm³/mol. The van der Waals surface area contributed by atoms with Crippen molar-refractivity contribution in [1.29, 1.82) is 0 Å². The Bertz CT molecular complexity index is 738. The van der Waals surface area contributed by atoms with Crippen molar-refractivity contribution in [2.75, 3.05) is 6.54 Å². The van der Waals surface area contributed by atoms with Gasteiger partial charge in [-0.1, -0.05) is 0 Å². The van der Waals surface area contributed by atoms with Crippen LogP contribution in [-0.4, -0.2) is 39.8 Å². The Labute approximate surface area is 144 Å². The van der Waals surface area contributed by atoms with E-state index in [2.05, 4.69) is 10.6 Å². The predicted octanol–water partition coefficient (Wildman–Crippen LogP) is 1.28. The highest BCUT2D eigenvalue weighted by Gasteiger charge is 2.49. The van der Waals surface area contributed by atoms with Gasteiger partial charge >= 0.3 is 6.03 Å². The average molecular weight is 348 g/mol. The summed E-state index contributed by atoms with van der Waals surface area (Å²) >= 11 is 0. The molecular formula is C16H20N4O5. The van der Waals surface area contributed by atoms with E-state index in [-0.39, 0.29) is 5.69 Å². The van der Waals surface area contributed by atoms with Gasteiger partial charge in [0.1, 0.15) is 12.1 Å². The van der Waals surface area contributed by atoms with Gasteiger partial charge in [0.15, 0.2) is 0 Å². The van der Waals surface area contributed by atoms with Crippen LogP contribution in [0.1, 0.15) is 33.3 Å². The lowest BCUT2D eigenvalue weighted by molar-refractivity contribution is -0.384. The van der Waals surface area contributed by atoms with Gasteiger partial charge < -0.3 is 10.6 Å². The number of carbonyl (C=O) groups is 3. The zero-order valence-corrected chi connectivity index (χ0v) is 14.5. The lowest BCUT2D eigenvalue weighted by atomic mass is 9.92. The molecular weight excluding hydrogens is 328 g/mol. The number of nitrogens with zero attached hydrogens (tertiary/aromatic N) is 2. The molecule has 0 aromatic heterocycles. The first-order chi connectivity index (χ1) is 11.4. The Balaban J connectivity index is 2.21. The third-order valence-electron chi connectivity index (χ3n) is 3.75. The van der Waals surface area contributed by atoms with Crippen molar-refractivity contribution in [3.05, 3.63) is 39.9 Å². The minimum atomic E-state index is -1.38. The zero-order valence-electron chi connectivity index (χ0n) is 14.5. The number of benzene rings is 1. The molecule has 2 N–H and O–H groups in total. The molecule has 0 bridgehead atoms. The maximum absolute atomic E-state index is 12.7. The molecule has 4 amide bonds. The van der Waals surface area contributed by atoms with Crippen molar-refractivity contribution >= 4 is 23.5 Å². The van der Waals surface area contributed by atoms with Gasteiger partial charge in [-0.15, -0.1) is 0 Å². The number of carbonyl (C=O) groups excluding carboxylic acids is 3. The summed E-state index contributed by atoms with van der Waals surface area (Å²) in [7, 11) is 0. The fourth-order valence-corrected chi connectivity index (χ4v) is 2.55. The van der Waals surface area contributed by atoms with Crippen LogP contribution in [0.5, 0.6) is 0 Å². The number of nitro groups is 1. The number of rotatable bonds is 4. The van der Waals surface area contributed by atoms with E-state index >= 15 is 0 Å². The van der Waals surface area contributed by atoms with Crippen molar-refractivity contribution in [3.8, 4) is 0 Å². The van der Waals surface area contributed by atoms with Gasteiger partial charge in [-0.2, -0.15) is 0 Å². The second-order valence-corrected chi connectivity index (χ2v) is 7.05. The molecule has 1 unspecified atom stereocenters. The van der Waals surface area contributed by atoms with Gasteiger partial charge in [0.05, 0.1) is 4.92 Å². The van der Waals surface area contributed by atoms with E-state index in [1.807, 2.05) is 0 Å². The molecule has 9 nitrogen and oxygen atoms in total. The zero-order chi connectivity index (χ0) is 19.0. The molecule has 0 saturated carbocycles. The van der Waals surface area contributed by atoms with E-state index in [0.29, 0.717) is 5.56 Å². The van der Waals surface area contributed by atoms with Crippen LogP contribution in [0, 0.1) is 10.1 Å². The molecule has 134 valence electrons. The maximum atomic E-state index is 12.7. The highest BCUT2D eigenvalue weighted by molar-refractivity contribution is 6.09. The van der Waals surface area contributed by atoms with Crippen LogP contribution in [0.3, 0.4) is 0 Å². The number of amides is 4. The first-order valence-electron chi connectivity index (χ1n) is 7.64. The van der Waals surface area contributed by atoms with Crippen molar-refractivity contribution in [2.45, 2.75) is 38.8 Å². The van der Waals surface area contributed by atoms with Gasteiger partial charge in [-0.05, 0) is 45.4 Å². The number of hydrogen-bond acceptors (Lipinski definition) is 5. The van der Waals surface area contributed by atoms with E-state index < -0.39 is 40.4 Å². The smallest absolute Gasteiger partial charge is 0.325 e. The largest absolute Gasteiger partial charge is 0.350 e. The van der Waals surface area contributed by atoms with Crippen LogP contribution in [0.4, 0.5) is 10.5 Å². The lowest BCUT2D eigenvalue weighted by Gasteiger charge is -2.23. The SMILES string of the molecule is CC(C)(C)NC(=O)CN1C(=O)NC(C)(c2ccc([N+](=O)[O-])cc2)C1=O. The summed E-state index contributed by atoms with van der Waals surface area (Å²) in [5, 5.41) is 16.0. The molecule has 1 heterocycles. The Kier molecular flexibility index (Phi) is 4.52. The van der Waals surface area contributed by atoms with Crippen LogP contribution in [0.25, 0.3) is 0 Å². The molecule has 1 saturated heterocycles. The number of hydrogen-bond donors (Lipinski definition) is 2. The monoisotopic (exact) mass is 348 g/mol. The standard InChI is InChI=1S/C16H20N4O5/c1-15(2,3)17-12(21)9-19-13(22)16(4,18-14(19)23)10-5-7-11(8-6-10)20(24)25/h5-8H,9H2,1-4H3,(H,17,21)(H,18,23). The highest BCUT2D eigenvalue weighted by atomic mass is 16.6. The molecule has 1 aromatic carbocycles. The fraction of sp³-hybridized carbons (Fsp3) is 0.438. The summed E-state index contributed by atoms with van der Waals surface area (Å²) in [6.07, 6.45) is 0. The Hall–Kier alpha value is -2.97. The van der Waals surface area contributed by atoms with Gasteiger partial charge in [-0.25, -0.2) is 4.79 Å². The molecule has 0 aliphatic carbocycles. The van der Waals surface area contributed by atoms with Gasteiger partial charge in [0.2, 0.25) is 5.91 Å². The molecule has 9 heteroatoms. The van der Waals surface area contributed by atoms with Gasteiger partial charge in [-0.3, -0.25) is 24.6 Å². The van der Waals surface area contributed by atoms with Crippen LogP contribution in [0.15, 0.2) is 24.3 Å². The van der Waals surface area contributed by atoms with Crippen LogP contribution >= 0.6 is 0 Å². The molecule has 25 heavy (non-hydrogen) atoms. The van der Waals surface area contributed by atoms with Crippen molar-refractivity contribution in [1.82, 2.24) is 15.5 Å². The number of imide groups is 1. The molecule has 1 atom stereocenters. The molecule has 1 aliphatic heterocycles. The average Bonchev–Trinajstić information content (AvgIpc) is 2.70. The van der Waals surface area contributed by atoms with Crippen molar-refractivity contribution in [3.63, 3.8) is 0 Å². The minimum absolute atomic E-state index is 0.120.